The highest BCUT2D eigenvalue weighted by molar-refractivity contribution is 6.30. The minimum Gasteiger partial charge on any atom is -0.345 e. The van der Waals surface area contributed by atoms with Crippen LogP contribution in [0.2, 0.25) is 5.02 Å². The Morgan fingerprint density at radius 2 is 1.59 bits per heavy atom. The van der Waals surface area contributed by atoms with Crippen molar-refractivity contribution in [1.82, 2.24) is 5.32 Å². The Morgan fingerprint density at radius 1 is 1.00 bits per heavy atom. The summed E-state index contributed by atoms with van der Waals surface area (Å²) in [5.74, 6) is -1.67. The predicted octanol–water partition coefficient (Wildman–Crippen LogP) is 5.19. The molecule has 11 heteroatoms. The average molecular weight is 437 g/mol. The maximum atomic E-state index is 13.0. The Hall–Kier alpha value is -2.75. The van der Waals surface area contributed by atoms with Crippen LogP contribution in [-0.4, -0.2) is 11.8 Å². The quantitative estimate of drug-likeness (QED) is 0.636. The van der Waals surface area contributed by atoms with E-state index in [0.717, 1.165) is 0 Å². The number of carbonyl (C=O) groups is 2. The summed E-state index contributed by atoms with van der Waals surface area (Å²) in [5, 5.41) is 5.13. The monoisotopic (exact) mass is 436 g/mol. The zero-order chi connectivity index (χ0) is 21.6. The second-order valence-electron chi connectivity index (χ2n) is 6.30. The van der Waals surface area contributed by atoms with Crippen molar-refractivity contribution in [2.45, 2.75) is 24.8 Å². The molecule has 2 N–H and O–H groups in total. The molecule has 1 unspecified atom stereocenters. The van der Waals surface area contributed by atoms with Crippen LogP contribution in [0.3, 0.4) is 0 Å². The zero-order valence-electron chi connectivity index (χ0n) is 14.2. The highest BCUT2D eigenvalue weighted by Gasteiger charge is 2.38. The van der Waals surface area contributed by atoms with Gasteiger partial charge in [-0.1, -0.05) is 11.6 Å². The number of halogens is 7. The average Bonchev–Trinajstić information content (AvgIpc) is 2.60. The van der Waals surface area contributed by atoms with Gasteiger partial charge in [-0.25, -0.2) is 0 Å². The molecule has 0 aliphatic carbocycles. The lowest BCUT2D eigenvalue weighted by Crippen LogP contribution is -2.35. The first kappa shape index (κ1) is 21.0. The van der Waals surface area contributed by atoms with Gasteiger partial charge in [0.1, 0.15) is 0 Å². The lowest BCUT2D eigenvalue weighted by Gasteiger charge is -2.27. The van der Waals surface area contributed by atoms with Crippen LogP contribution in [0.5, 0.6) is 0 Å². The van der Waals surface area contributed by atoms with E-state index in [-0.39, 0.29) is 17.5 Å². The molecule has 1 aliphatic heterocycles. The van der Waals surface area contributed by atoms with Gasteiger partial charge in [0.25, 0.3) is 5.91 Å². The molecule has 0 spiro atoms. The molecule has 0 saturated heterocycles. The number of benzene rings is 2. The van der Waals surface area contributed by atoms with Gasteiger partial charge in [0, 0.05) is 16.3 Å². The van der Waals surface area contributed by atoms with Gasteiger partial charge in [-0.05, 0) is 42.0 Å². The minimum atomic E-state index is -5.08. The first-order valence-electron chi connectivity index (χ1n) is 8.04. The first-order valence-corrected chi connectivity index (χ1v) is 8.42. The van der Waals surface area contributed by atoms with Gasteiger partial charge in [0.15, 0.2) is 0 Å². The molecule has 154 valence electrons. The lowest BCUT2D eigenvalue weighted by atomic mass is 9.96. The number of nitrogens with one attached hydrogen (secondary N) is 2. The molecule has 4 nitrogen and oxygen atoms in total. The molecule has 2 aromatic rings. The van der Waals surface area contributed by atoms with E-state index in [2.05, 4.69) is 10.6 Å². The van der Waals surface area contributed by atoms with Crippen molar-refractivity contribution in [2.75, 3.05) is 5.32 Å². The summed E-state index contributed by atoms with van der Waals surface area (Å²) in [5.41, 5.74) is -3.34. The van der Waals surface area contributed by atoms with Crippen LogP contribution in [-0.2, 0) is 17.1 Å². The van der Waals surface area contributed by atoms with Crippen LogP contribution in [0, 0.1) is 0 Å². The molecule has 0 fully saturated rings. The number of amides is 2. The molecule has 2 amide bonds. The number of fused-ring (bicyclic) bond motifs is 1. The van der Waals surface area contributed by atoms with E-state index in [9.17, 15) is 35.9 Å². The van der Waals surface area contributed by atoms with Crippen molar-refractivity contribution in [1.29, 1.82) is 0 Å². The molecule has 1 heterocycles. The fourth-order valence-electron chi connectivity index (χ4n) is 2.89. The summed E-state index contributed by atoms with van der Waals surface area (Å²) in [6.07, 6.45) is -10.4. The molecule has 29 heavy (non-hydrogen) atoms. The predicted molar refractivity (Wildman–Crippen MR) is 91.4 cm³/mol. The Balaban J connectivity index is 1.98. The molecule has 1 atom stereocenters. The van der Waals surface area contributed by atoms with Gasteiger partial charge in [-0.2, -0.15) is 26.3 Å². The molecule has 0 saturated carbocycles. The second-order valence-corrected chi connectivity index (χ2v) is 6.74. The van der Waals surface area contributed by atoms with Crippen molar-refractivity contribution >= 4 is 29.1 Å². The van der Waals surface area contributed by atoms with Gasteiger partial charge in [0.05, 0.1) is 23.6 Å². The van der Waals surface area contributed by atoms with Gasteiger partial charge < -0.3 is 10.6 Å². The number of rotatable bonds is 2. The van der Waals surface area contributed by atoms with Crippen molar-refractivity contribution in [2.24, 2.45) is 0 Å². The van der Waals surface area contributed by atoms with Crippen LogP contribution in [0.1, 0.15) is 39.5 Å². The highest BCUT2D eigenvalue weighted by Crippen LogP contribution is 2.37. The van der Waals surface area contributed by atoms with Gasteiger partial charge in [0.2, 0.25) is 5.91 Å². The van der Waals surface area contributed by atoms with E-state index in [0.29, 0.717) is 23.4 Å². The smallest absolute Gasteiger partial charge is 0.345 e. The molecule has 1 aliphatic rings. The van der Waals surface area contributed by atoms with E-state index in [4.69, 9.17) is 11.6 Å². The molecule has 0 aromatic heterocycles. The first-order chi connectivity index (χ1) is 13.3. The molecule has 3 rings (SSSR count). The summed E-state index contributed by atoms with van der Waals surface area (Å²) < 4.78 is 77.9. The molecular formula is C18H11ClF6N2O2. The fourth-order valence-corrected chi connectivity index (χ4v) is 3.07. The van der Waals surface area contributed by atoms with Crippen molar-refractivity contribution < 1.29 is 35.9 Å². The normalized spacial score (nSPS) is 16.8. The summed E-state index contributed by atoms with van der Waals surface area (Å²) >= 11 is 5.90. The third kappa shape index (κ3) is 4.64. The van der Waals surface area contributed by atoms with Gasteiger partial charge in [-0.15, -0.1) is 0 Å². The number of hydrogen-bond donors (Lipinski definition) is 2. The third-order valence-electron chi connectivity index (χ3n) is 4.21. The number of anilines is 1. The molecule has 0 bridgehead atoms. The minimum absolute atomic E-state index is 0.0695. The zero-order valence-corrected chi connectivity index (χ0v) is 15.0. The Morgan fingerprint density at radius 3 is 2.14 bits per heavy atom. The van der Waals surface area contributed by atoms with E-state index in [1.54, 1.807) is 0 Å². The summed E-state index contributed by atoms with van der Waals surface area (Å²) in [6, 6.07) is 3.99. The number of alkyl halides is 6. The van der Waals surface area contributed by atoms with Crippen LogP contribution in [0.15, 0.2) is 36.4 Å². The van der Waals surface area contributed by atoms with Crippen LogP contribution in [0.4, 0.5) is 32.0 Å². The summed E-state index contributed by atoms with van der Waals surface area (Å²) in [7, 11) is 0. The van der Waals surface area contributed by atoms with Gasteiger partial charge >= 0.3 is 12.4 Å². The maximum Gasteiger partial charge on any atom is 0.416 e. The Bertz CT molecular complexity index is 955. The van der Waals surface area contributed by atoms with Crippen molar-refractivity contribution in [3.8, 4) is 0 Å². The van der Waals surface area contributed by atoms with Gasteiger partial charge in [-0.3, -0.25) is 9.59 Å². The van der Waals surface area contributed by atoms with E-state index >= 15 is 0 Å². The maximum absolute atomic E-state index is 13.0. The summed E-state index contributed by atoms with van der Waals surface area (Å²) in [6.45, 7) is 0. The largest absolute Gasteiger partial charge is 0.416 e. The molecule has 0 radical (unpaired) electrons. The topological polar surface area (TPSA) is 58.2 Å². The standard InChI is InChI=1S/C18H11ClF6N2O2/c19-11-1-2-13-12(6-11)14(7-15(28)26-13)27-16(29)8-3-9(17(20,21)22)5-10(4-8)18(23,24)25/h1-6,14H,7H2,(H,26,28)(H,27,29). The van der Waals surface area contributed by atoms with Crippen molar-refractivity contribution in [3.63, 3.8) is 0 Å². The Kier molecular flexibility index (Phi) is 5.24. The third-order valence-corrected chi connectivity index (χ3v) is 4.44. The molecular weight excluding hydrogens is 426 g/mol. The van der Waals surface area contributed by atoms with Crippen molar-refractivity contribution in [3.05, 3.63) is 63.7 Å². The highest BCUT2D eigenvalue weighted by atomic mass is 35.5. The van der Waals surface area contributed by atoms with E-state index in [1.165, 1.54) is 18.2 Å². The van der Waals surface area contributed by atoms with Crippen LogP contribution in [0.25, 0.3) is 0 Å². The van der Waals surface area contributed by atoms with Crippen LogP contribution >= 0.6 is 11.6 Å². The lowest BCUT2D eigenvalue weighted by molar-refractivity contribution is -0.143. The second kappa shape index (κ2) is 7.25. The Labute approximate surface area is 164 Å². The number of hydrogen-bond acceptors (Lipinski definition) is 2. The number of carbonyl (C=O) groups excluding carboxylic acids is 2. The molecule has 2 aromatic carbocycles. The van der Waals surface area contributed by atoms with E-state index in [1.807, 2.05) is 0 Å². The summed E-state index contributed by atoms with van der Waals surface area (Å²) in [4.78, 5) is 24.3. The SMILES string of the molecule is O=C1CC(NC(=O)c2cc(C(F)(F)F)cc(C(F)(F)F)c2)c2cc(Cl)ccc2N1. The fraction of sp³-hybridized carbons (Fsp3) is 0.222. The van der Waals surface area contributed by atoms with Crippen LogP contribution < -0.4 is 10.6 Å². The van der Waals surface area contributed by atoms with E-state index < -0.39 is 46.9 Å².